The van der Waals surface area contributed by atoms with Crippen LogP contribution in [0.2, 0.25) is 0 Å². The van der Waals surface area contributed by atoms with Gasteiger partial charge in [0.2, 0.25) is 5.91 Å². The van der Waals surface area contributed by atoms with Crippen LogP contribution in [0, 0.1) is 0 Å². The van der Waals surface area contributed by atoms with E-state index >= 15 is 0 Å². The van der Waals surface area contributed by atoms with Crippen molar-refractivity contribution in [3.05, 3.63) is 39.7 Å². The number of hydrogen-bond acceptors (Lipinski definition) is 6. The molecule has 0 fully saturated rings. The summed E-state index contributed by atoms with van der Waals surface area (Å²) in [4.78, 5) is 47.4. The van der Waals surface area contributed by atoms with E-state index in [2.05, 4.69) is 10.6 Å². The van der Waals surface area contributed by atoms with Crippen LogP contribution >= 0.6 is 0 Å². The first-order valence-corrected chi connectivity index (χ1v) is 10.9. The number of carboxylic acid groups (broad SMARTS) is 1. The molecule has 172 valence electrons. The molecule has 3 N–H and O–H groups in total. The van der Waals surface area contributed by atoms with Crippen LogP contribution in [0.3, 0.4) is 0 Å². The molecule has 2 aromatic rings. The van der Waals surface area contributed by atoms with Gasteiger partial charge in [-0.1, -0.05) is 19.8 Å². The Morgan fingerprint density at radius 3 is 2.62 bits per heavy atom. The number of hydrogen-bond donors (Lipinski definition) is 3. The molecule has 0 spiro atoms. The third kappa shape index (κ3) is 5.87. The molecule has 0 radical (unpaired) electrons. The molecular weight excluding hydrogens is 416 g/mol. The van der Waals surface area contributed by atoms with Gasteiger partial charge in [-0.3, -0.25) is 9.59 Å². The fourth-order valence-corrected chi connectivity index (χ4v) is 3.81. The highest BCUT2D eigenvalue weighted by molar-refractivity contribution is 5.88. The zero-order valence-corrected chi connectivity index (χ0v) is 18.1. The third-order valence-electron chi connectivity index (χ3n) is 5.49. The Kier molecular flexibility index (Phi) is 7.86. The lowest BCUT2D eigenvalue weighted by Crippen LogP contribution is -2.46. The largest absolute Gasteiger partial charge is 0.484 e. The van der Waals surface area contributed by atoms with Gasteiger partial charge in [-0.2, -0.15) is 0 Å². The van der Waals surface area contributed by atoms with Crippen molar-refractivity contribution < 1.29 is 28.6 Å². The van der Waals surface area contributed by atoms with Gasteiger partial charge in [-0.15, -0.1) is 0 Å². The number of carbonyl (C=O) groups excluding carboxylic acids is 2. The van der Waals surface area contributed by atoms with Crippen LogP contribution < -0.4 is 21.0 Å². The van der Waals surface area contributed by atoms with Crippen LogP contribution in [-0.2, 0) is 27.2 Å². The normalized spacial score (nSPS) is 13.8. The summed E-state index contributed by atoms with van der Waals surface area (Å²) in [6, 6.07) is 4.14. The van der Waals surface area contributed by atoms with Crippen LogP contribution in [0.25, 0.3) is 11.0 Å². The van der Waals surface area contributed by atoms with Crippen molar-refractivity contribution >= 4 is 28.8 Å². The SMILES string of the molecule is CCCCC(NC(=O)CNC(=O)COc1ccc2c3c(c(=O)oc2c1)CCCC3)C(=O)O. The molecule has 1 aromatic heterocycles. The predicted octanol–water partition coefficient (Wildman–Crippen LogP) is 1.93. The lowest BCUT2D eigenvalue weighted by Gasteiger charge is -2.16. The fraction of sp³-hybridized carbons (Fsp3) is 0.478. The van der Waals surface area contributed by atoms with Crippen LogP contribution in [0.4, 0.5) is 0 Å². The van der Waals surface area contributed by atoms with E-state index in [4.69, 9.17) is 14.3 Å². The molecule has 1 unspecified atom stereocenters. The van der Waals surface area contributed by atoms with Crippen molar-refractivity contribution in [3.63, 3.8) is 0 Å². The maximum Gasteiger partial charge on any atom is 0.339 e. The lowest BCUT2D eigenvalue weighted by atomic mass is 9.91. The molecule has 1 heterocycles. The van der Waals surface area contributed by atoms with Gasteiger partial charge in [-0.05, 0) is 49.8 Å². The Labute approximate surface area is 185 Å². The van der Waals surface area contributed by atoms with Crippen molar-refractivity contribution in [1.82, 2.24) is 10.6 Å². The average Bonchev–Trinajstić information content (AvgIpc) is 2.78. The Balaban J connectivity index is 1.53. The second kappa shape index (κ2) is 10.8. The number of aliphatic carboxylic acids is 1. The second-order valence-corrected chi connectivity index (χ2v) is 7.88. The summed E-state index contributed by atoms with van der Waals surface area (Å²) in [6.45, 7) is 1.24. The molecule has 0 saturated carbocycles. The first-order chi connectivity index (χ1) is 15.4. The number of carbonyl (C=O) groups is 3. The molecule has 1 aliphatic rings. The third-order valence-corrected chi connectivity index (χ3v) is 5.49. The van der Waals surface area contributed by atoms with Gasteiger partial charge < -0.3 is 24.9 Å². The fourth-order valence-electron chi connectivity index (χ4n) is 3.81. The molecule has 9 nitrogen and oxygen atoms in total. The van der Waals surface area contributed by atoms with E-state index in [1.807, 2.05) is 13.0 Å². The summed E-state index contributed by atoms with van der Waals surface area (Å²) in [7, 11) is 0. The number of nitrogens with one attached hydrogen (secondary N) is 2. The Morgan fingerprint density at radius 1 is 1.16 bits per heavy atom. The number of carboxylic acids is 1. The van der Waals surface area contributed by atoms with E-state index < -0.39 is 23.8 Å². The quantitative estimate of drug-likeness (QED) is 0.477. The smallest absolute Gasteiger partial charge is 0.339 e. The highest BCUT2D eigenvalue weighted by Gasteiger charge is 2.20. The van der Waals surface area contributed by atoms with E-state index in [0.717, 1.165) is 48.6 Å². The standard InChI is InChI=1S/C23H28N2O7/c1-2-3-8-18(22(28)29)25-20(26)12-24-21(27)13-31-14-9-10-16-15-6-4-5-7-17(15)23(30)32-19(16)11-14/h9-11,18H,2-8,12-13H2,1H3,(H,24,27)(H,25,26)(H,28,29). The number of fused-ring (bicyclic) bond motifs is 3. The number of benzene rings is 1. The number of rotatable bonds is 10. The average molecular weight is 444 g/mol. The highest BCUT2D eigenvalue weighted by Crippen LogP contribution is 2.29. The van der Waals surface area contributed by atoms with Gasteiger partial charge in [0.25, 0.3) is 5.91 Å². The molecule has 2 amide bonds. The summed E-state index contributed by atoms with van der Waals surface area (Å²) in [6.07, 6.45) is 5.39. The molecule has 3 rings (SSSR count). The topological polar surface area (TPSA) is 135 Å². The first kappa shape index (κ1) is 23.3. The van der Waals surface area contributed by atoms with Crippen LogP contribution in [0.15, 0.2) is 27.4 Å². The van der Waals surface area contributed by atoms with Gasteiger partial charge in [0, 0.05) is 17.0 Å². The molecule has 1 aromatic carbocycles. The summed E-state index contributed by atoms with van der Waals surface area (Å²) in [5.74, 6) is -1.86. The van der Waals surface area contributed by atoms with E-state index in [1.165, 1.54) is 0 Å². The molecule has 0 bridgehead atoms. The van der Waals surface area contributed by atoms with E-state index in [-0.39, 0.29) is 18.8 Å². The van der Waals surface area contributed by atoms with Crippen LogP contribution in [0.5, 0.6) is 5.75 Å². The molecule has 9 heteroatoms. The van der Waals surface area contributed by atoms with E-state index in [1.54, 1.807) is 12.1 Å². The molecular formula is C23H28N2O7. The summed E-state index contributed by atoms with van der Waals surface area (Å²) in [5, 5.41) is 14.8. The van der Waals surface area contributed by atoms with Crippen molar-refractivity contribution in [3.8, 4) is 5.75 Å². The van der Waals surface area contributed by atoms with E-state index in [9.17, 15) is 19.2 Å². The molecule has 1 aliphatic carbocycles. The van der Waals surface area contributed by atoms with Gasteiger partial charge in [0.15, 0.2) is 6.61 Å². The van der Waals surface area contributed by atoms with Crippen molar-refractivity contribution in [2.75, 3.05) is 13.2 Å². The Bertz CT molecular complexity index is 1060. The van der Waals surface area contributed by atoms with Gasteiger partial charge in [-0.25, -0.2) is 9.59 Å². The Hall–Kier alpha value is -3.36. The molecule has 0 saturated heterocycles. The van der Waals surface area contributed by atoms with Crippen molar-refractivity contribution in [2.45, 2.75) is 57.9 Å². The maximum absolute atomic E-state index is 12.2. The highest BCUT2D eigenvalue weighted by atomic mass is 16.5. The van der Waals surface area contributed by atoms with E-state index in [0.29, 0.717) is 24.2 Å². The number of amides is 2. The summed E-state index contributed by atoms with van der Waals surface area (Å²) >= 11 is 0. The number of unbranched alkanes of at least 4 members (excludes halogenated alkanes) is 1. The number of aryl methyl sites for hydroxylation is 1. The zero-order chi connectivity index (χ0) is 23.1. The Morgan fingerprint density at radius 2 is 1.91 bits per heavy atom. The summed E-state index contributed by atoms with van der Waals surface area (Å²) in [5.41, 5.74) is 1.86. The summed E-state index contributed by atoms with van der Waals surface area (Å²) < 4.78 is 10.9. The minimum absolute atomic E-state index is 0.327. The predicted molar refractivity (Wildman–Crippen MR) is 117 cm³/mol. The van der Waals surface area contributed by atoms with Gasteiger partial charge in [0.1, 0.15) is 17.4 Å². The van der Waals surface area contributed by atoms with Crippen molar-refractivity contribution in [2.24, 2.45) is 0 Å². The number of ether oxygens (including phenoxy) is 1. The lowest BCUT2D eigenvalue weighted by molar-refractivity contribution is -0.142. The van der Waals surface area contributed by atoms with Crippen LogP contribution in [0.1, 0.15) is 50.2 Å². The zero-order valence-electron chi connectivity index (χ0n) is 18.1. The monoisotopic (exact) mass is 444 g/mol. The second-order valence-electron chi connectivity index (χ2n) is 7.88. The molecule has 1 atom stereocenters. The molecule has 32 heavy (non-hydrogen) atoms. The minimum atomic E-state index is -1.11. The maximum atomic E-state index is 12.2. The minimum Gasteiger partial charge on any atom is -0.484 e. The van der Waals surface area contributed by atoms with Gasteiger partial charge >= 0.3 is 11.6 Å². The molecule has 0 aliphatic heterocycles. The van der Waals surface area contributed by atoms with Crippen molar-refractivity contribution in [1.29, 1.82) is 0 Å². The van der Waals surface area contributed by atoms with Gasteiger partial charge in [0.05, 0.1) is 6.54 Å². The van der Waals surface area contributed by atoms with Crippen LogP contribution in [-0.4, -0.2) is 42.1 Å². The first-order valence-electron chi connectivity index (χ1n) is 10.9.